The molecule has 2 aromatic carbocycles. The van der Waals surface area contributed by atoms with Gasteiger partial charge in [0.1, 0.15) is 11.5 Å². The van der Waals surface area contributed by atoms with Crippen LogP contribution in [-0.4, -0.2) is 31.8 Å². The Morgan fingerprint density at radius 1 is 0.912 bits per heavy atom. The maximum atomic E-state index is 13.1. The standard InChI is InChI=1S/C27H25N5OS/c33-27(29-14-13-25-28-15-16-31(25)18-21-8-3-1-4-9-21)23-20-32(19-22-10-5-2-6-11-22)30-26(23)24-12-7-17-34-24/h1-12,15-17,20H,13-14,18-19H2,(H,29,33). The molecule has 0 atom stereocenters. The van der Waals surface area contributed by atoms with Gasteiger partial charge in [-0.15, -0.1) is 11.3 Å². The lowest BCUT2D eigenvalue weighted by molar-refractivity contribution is 0.0954. The molecule has 0 saturated heterocycles. The molecule has 34 heavy (non-hydrogen) atoms. The Morgan fingerprint density at radius 2 is 1.65 bits per heavy atom. The van der Waals surface area contributed by atoms with Crippen molar-refractivity contribution in [3.05, 3.63) is 119 Å². The molecule has 0 saturated carbocycles. The molecule has 1 N–H and O–H groups in total. The summed E-state index contributed by atoms with van der Waals surface area (Å²) in [6.07, 6.45) is 6.28. The van der Waals surface area contributed by atoms with E-state index in [-0.39, 0.29) is 5.91 Å². The normalized spacial score (nSPS) is 10.9. The van der Waals surface area contributed by atoms with Crippen molar-refractivity contribution < 1.29 is 4.79 Å². The van der Waals surface area contributed by atoms with Crippen molar-refractivity contribution in [2.75, 3.05) is 6.54 Å². The fourth-order valence-corrected chi connectivity index (χ4v) is 4.63. The Morgan fingerprint density at radius 3 is 2.35 bits per heavy atom. The van der Waals surface area contributed by atoms with Gasteiger partial charge >= 0.3 is 0 Å². The number of hydrogen-bond acceptors (Lipinski definition) is 4. The topological polar surface area (TPSA) is 64.7 Å². The van der Waals surface area contributed by atoms with Gasteiger partial charge in [0.15, 0.2) is 0 Å². The fraction of sp³-hybridized carbons (Fsp3) is 0.148. The average Bonchev–Trinajstić information content (AvgIpc) is 3.62. The summed E-state index contributed by atoms with van der Waals surface area (Å²) in [4.78, 5) is 18.6. The van der Waals surface area contributed by atoms with E-state index in [1.807, 2.05) is 77.2 Å². The number of rotatable bonds is 9. The van der Waals surface area contributed by atoms with Gasteiger partial charge in [-0.05, 0) is 22.6 Å². The van der Waals surface area contributed by atoms with Crippen LogP contribution in [0.15, 0.2) is 96.8 Å². The van der Waals surface area contributed by atoms with Crippen molar-refractivity contribution in [1.82, 2.24) is 24.6 Å². The molecule has 1 amide bonds. The number of amides is 1. The molecular weight excluding hydrogens is 442 g/mol. The molecule has 5 rings (SSSR count). The maximum Gasteiger partial charge on any atom is 0.255 e. The van der Waals surface area contributed by atoms with E-state index in [2.05, 4.69) is 39.1 Å². The van der Waals surface area contributed by atoms with Gasteiger partial charge in [0.05, 0.1) is 17.0 Å². The molecule has 6 nitrogen and oxygen atoms in total. The molecule has 0 aliphatic rings. The zero-order valence-electron chi connectivity index (χ0n) is 18.7. The number of carbonyl (C=O) groups is 1. The van der Waals surface area contributed by atoms with Crippen molar-refractivity contribution >= 4 is 17.2 Å². The van der Waals surface area contributed by atoms with Gasteiger partial charge < -0.3 is 9.88 Å². The van der Waals surface area contributed by atoms with E-state index in [0.717, 1.165) is 22.8 Å². The number of nitrogens with one attached hydrogen (secondary N) is 1. The molecule has 0 unspecified atom stereocenters. The first-order chi connectivity index (χ1) is 16.8. The maximum absolute atomic E-state index is 13.1. The summed E-state index contributed by atoms with van der Waals surface area (Å²) in [6, 6.07) is 24.4. The second-order valence-electron chi connectivity index (χ2n) is 8.01. The molecule has 3 heterocycles. The molecule has 0 aliphatic carbocycles. The highest BCUT2D eigenvalue weighted by Crippen LogP contribution is 2.27. The van der Waals surface area contributed by atoms with Crippen LogP contribution in [0.4, 0.5) is 0 Å². The summed E-state index contributed by atoms with van der Waals surface area (Å²) >= 11 is 1.58. The number of thiophene rings is 1. The number of hydrogen-bond donors (Lipinski definition) is 1. The molecule has 5 aromatic rings. The lowest BCUT2D eigenvalue weighted by Gasteiger charge is -2.09. The highest BCUT2D eigenvalue weighted by atomic mass is 32.1. The minimum absolute atomic E-state index is 0.121. The van der Waals surface area contributed by atoms with Crippen LogP contribution < -0.4 is 5.32 Å². The summed E-state index contributed by atoms with van der Waals surface area (Å²) in [7, 11) is 0. The van der Waals surface area contributed by atoms with Crippen LogP contribution in [0.2, 0.25) is 0 Å². The van der Waals surface area contributed by atoms with Crippen LogP contribution >= 0.6 is 11.3 Å². The fourth-order valence-electron chi connectivity index (χ4n) is 3.91. The largest absolute Gasteiger partial charge is 0.351 e. The van der Waals surface area contributed by atoms with Crippen molar-refractivity contribution in [2.24, 2.45) is 0 Å². The predicted octanol–water partition coefficient (Wildman–Crippen LogP) is 4.88. The second-order valence-corrected chi connectivity index (χ2v) is 8.96. The third kappa shape index (κ3) is 5.15. The van der Waals surface area contributed by atoms with E-state index in [0.29, 0.717) is 30.8 Å². The van der Waals surface area contributed by atoms with Crippen LogP contribution in [0.3, 0.4) is 0 Å². The highest BCUT2D eigenvalue weighted by molar-refractivity contribution is 7.13. The number of nitrogens with zero attached hydrogens (tertiary/aromatic N) is 4. The Labute approximate surface area is 202 Å². The van der Waals surface area contributed by atoms with Crippen molar-refractivity contribution in [3.8, 4) is 10.6 Å². The SMILES string of the molecule is O=C(NCCc1nccn1Cc1ccccc1)c1cn(Cc2ccccc2)nc1-c1cccs1. The zero-order chi connectivity index (χ0) is 23.2. The molecule has 0 spiro atoms. The van der Waals surface area contributed by atoms with E-state index in [1.54, 1.807) is 11.3 Å². The number of benzene rings is 2. The number of aromatic nitrogens is 4. The third-order valence-corrected chi connectivity index (χ3v) is 6.46. The van der Waals surface area contributed by atoms with Gasteiger partial charge in [0.2, 0.25) is 0 Å². The quantitative estimate of drug-likeness (QED) is 0.336. The first-order valence-electron chi connectivity index (χ1n) is 11.2. The molecule has 0 radical (unpaired) electrons. The molecular formula is C27H25N5OS. The summed E-state index contributed by atoms with van der Waals surface area (Å²) in [5.74, 6) is 0.825. The van der Waals surface area contributed by atoms with E-state index in [9.17, 15) is 4.79 Å². The molecule has 0 aliphatic heterocycles. The number of imidazole rings is 1. The van der Waals surface area contributed by atoms with Gasteiger partial charge in [-0.3, -0.25) is 9.48 Å². The second kappa shape index (κ2) is 10.3. The lowest BCUT2D eigenvalue weighted by atomic mass is 10.2. The highest BCUT2D eigenvalue weighted by Gasteiger charge is 2.19. The van der Waals surface area contributed by atoms with Gasteiger partial charge in [0, 0.05) is 38.1 Å². The lowest BCUT2D eigenvalue weighted by Crippen LogP contribution is -2.26. The Hall–Kier alpha value is -3.97. The van der Waals surface area contributed by atoms with Crippen LogP contribution in [0, 0.1) is 0 Å². The van der Waals surface area contributed by atoms with E-state index >= 15 is 0 Å². The molecule has 3 aromatic heterocycles. The van der Waals surface area contributed by atoms with E-state index in [4.69, 9.17) is 5.10 Å². The first kappa shape index (κ1) is 21.9. The Kier molecular flexibility index (Phi) is 6.63. The van der Waals surface area contributed by atoms with E-state index < -0.39 is 0 Å². The summed E-state index contributed by atoms with van der Waals surface area (Å²) in [6.45, 7) is 1.88. The smallest absolute Gasteiger partial charge is 0.255 e. The molecule has 170 valence electrons. The summed E-state index contributed by atoms with van der Waals surface area (Å²) < 4.78 is 3.96. The molecule has 0 bridgehead atoms. The minimum Gasteiger partial charge on any atom is -0.351 e. The van der Waals surface area contributed by atoms with E-state index in [1.165, 1.54) is 5.56 Å². The van der Waals surface area contributed by atoms with Gasteiger partial charge in [-0.25, -0.2) is 4.98 Å². The molecule has 0 fully saturated rings. The van der Waals surface area contributed by atoms with Gasteiger partial charge in [-0.2, -0.15) is 5.10 Å². The van der Waals surface area contributed by atoms with Crippen LogP contribution in [-0.2, 0) is 19.5 Å². The van der Waals surface area contributed by atoms with Crippen LogP contribution in [0.5, 0.6) is 0 Å². The van der Waals surface area contributed by atoms with Crippen molar-refractivity contribution in [3.63, 3.8) is 0 Å². The van der Waals surface area contributed by atoms with Gasteiger partial charge in [0.25, 0.3) is 5.91 Å². The van der Waals surface area contributed by atoms with Crippen LogP contribution in [0.1, 0.15) is 27.3 Å². The Bertz CT molecular complexity index is 1340. The number of carbonyl (C=O) groups excluding carboxylic acids is 1. The minimum atomic E-state index is -0.121. The first-order valence-corrected chi connectivity index (χ1v) is 12.1. The zero-order valence-corrected chi connectivity index (χ0v) is 19.5. The summed E-state index contributed by atoms with van der Waals surface area (Å²) in [5.41, 5.74) is 3.66. The predicted molar refractivity (Wildman–Crippen MR) is 135 cm³/mol. The average molecular weight is 468 g/mol. The monoisotopic (exact) mass is 467 g/mol. The summed E-state index contributed by atoms with van der Waals surface area (Å²) in [5, 5.41) is 9.80. The van der Waals surface area contributed by atoms with Crippen molar-refractivity contribution in [2.45, 2.75) is 19.5 Å². The molecule has 7 heteroatoms. The van der Waals surface area contributed by atoms with Crippen molar-refractivity contribution in [1.29, 1.82) is 0 Å². The van der Waals surface area contributed by atoms with Crippen LogP contribution in [0.25, 0.3) is 10.6 Å². The Balaban J connectivity index is 1.27. The van der Waals surface area contributed by atoms with Gasteiger partial charge in [-0.1, -0.05) is 66.7 Å². The third-order valence-electron chi connectivity index (χ3n) is 5.58.